The minimum absolute atomic E-state index is 0.0335. The SMILES string of the molecule is CCN1C[C@@H](CN(C)C(=O)c2ccc(C)c(OC)c2)Oc2ccccc21. The fraction of sp³-hybridized carbons (Fsp3) is 0.381. The van der Waals surface area contributed by atoms with Crippen LogP contribution in [0.2, 0.25) is 0 Å². The standard InChI is InChI=1S/C21H26N2O3/c1-5-23-14-17(26-19-9-7-6-8-18(19)23)13-22(3)21(24)16-11-10-15(2)20(12-16)25-4/h6-12,17H,5,13-14H2,1-4H3/t17-/m1/s1. The average Bonchev–Trinajstić information content (AvgIpc) is 2.67. The first-order chi connectivity index (χ1) is 12.5. The molecule has 2 aromatic carbocycles. The van der Waals surface area contributed by atoms with E-state index in [1.54, 1.807) is 18.1 Å². The second kappa shape index (κ2) is 7.68. The number of rotatable bonds is 5. The van der Waals surface area contributed by atoms with Crippen molar-refractivity contribution >= 4 is 11.6 Å². The number of carbonyl (C=O) groups excluding carboxylic acids is 1. The van der Waals surface area contributed by atoms with Gasteiger partial charge in [0.15, 0.2) is 0 Å². The zero-order valence-corrected chi connectivity index (χ0v) is 15.9. The summed E-state index contributed by atoms with van der Waals surface area (Å²) in [5, 5.41) is 0. The highest BCUT2D eigenvalue weighted by atomic mass is 16.5. The molecule has 0 unspecified atom stereocenters. The van der Waals surface area contributed by atoms with Crippen molar-refractivity contribution in [2.75, 3.05) is 38.7 Å². The molecule has 0 radical (unpaired) electrons. The van der Waals surface area contributed by atoms with Crippen molar-refractivity contribution in [3.63, 3.8) is 0 Å². The molecule has 0 fully saturated rings. The molecule has 138 valence electrons. The molecule has 0 aromatic heterocycles. The normalized spacial score (nSPS) is 15.8. The Bertz CT molecular complexity index is 791. The summed E-state index contributed by atoms with van der Waals surface area (Å²) < 4.78 is 11.5. The molecule has 0 bridgehead atoms. The van der Waals surface area contributed by atoms with Crippen LogP contribution < -0.4 is 14.4 Å². The van der Waals surface area contributed by atoms with Gasteiger partial charge < -0.3 is 19.3 Å². The second-order valence-corrected chi connectivity index (χ2v) is 6.62. The van der Waals surface area contributed by atoms with Gasteiger partial charge in [-0.2, -0.15) is 0 Å². The van der Waals surface area contributed by atoms with E-state index in [1.807, 2.05) is 44.3 Å². The molecule has 2 aromatic rings. The van der Waals surface area contributed by atoms with Gasteiger partial charge in [0, 0.05) is 19.2 Å². The first kappa shape index (κ1) is 18.1. The monoisotopic (exact) mass is 354 g/mol. The number of aryl methyl sites for hydroxylation is 1. The van der Waals surface area contributed by atoms with E-state index in [2.05, 4.69) is 17.9 Å². The summed E-state index contributed by atoms with van der Waals surface area (Å²) in [5.41, 5.74) is 2.75. The first-order valence-electron chi connectivity index (χ1n) is 8.94. The molecule has 5 heteroatoms. The second-order valence-electron chi connectivity index (χ2n) is 6.62. The van der Waals surface area contributed by atoms with E-state index in [0.717, 1.165) is 35.8 Å². The Kier molecular flexibility index (Phi) is 5.35. The topological polar surface area (TPSA) is 42.0 Å². The zero-order valence-electron chi connectivity index (χ0n) is 15.9. The van der Waals surface area contributed by atoms with Gasteiger partial charge in [-0.3, -0.25) is 4.79 Å². The van der Waals surface area contributed by atoms with Crippen LogP contribution >= 0.6 is 0 Å². The number of nitrogens with zero attached hydrogens (tertiary/aromatic N) is 2. The molecule has 1 aliphatic heterocycles. The number of carbonyl (C=O) groups is 1. The molecule has 5 nitrogen and oxygen atoms in total. The lowest BCUT2D eigenvalue weighted by Crippen LogP contribution is -2.46. The number of benzene rings is 2. The minimum Gasteiger partial charge on any atom is -0.496 e. The zero-order chi connectivity index (χ0) is 18.7. The van der Waals surface area contributed by atoms with E-state index in [9.17, 15) is 4.79 Å². The number of likely N-dealkylation sites (N-methyl/N-ethyl adjacent to an activating group) is 2. The third kappa shape index (κ3) is 3.62. The van der Waals surface area contributed by atoms with Crippen molar-refractivity contribution in [1.82, 2.24) is 4.90 Å². The summed E-state index contributed by atoms with van der Waals surface area (Å²) >= 11 is 0. The number of ether oxygens (including phenoxy) is 2. The number of para-hydroxylation sites is 2. The largest absolute Gasteiger partial charge is 0.496 e. The van der Waals surface area contributed by atoms with Crippen LogP contribution in [0.1, 0.15) is 22.8 Å². The summed E-state index contributed by atoms with van der Waals surface area (Å²) in [7, 11) is 3.43. The molecule has 1 atom stereocenters. The molecule has 0 aliphatic carbocycles. The molecule has 26 heavy (non-hydrogen) atoms. The summed E-state index contributed by atoms with van der Waals surface area (Å²) in [6.45, 7) is 6.29. The van der Waals surface area contributed by atoms with Gasteiger partial charge in [-0.05, 0) is 43.7 Å². The fourth-order valence-electron chi connectivity index (χ4n) is 3.34. The number of amides is 1. The van der Waals surface area contributed by atoms with Gasteiger partial charge in [-0.25, -0.2) is 0 Å². The summed E-state index contributed by atoms with van der Waals surface area (Å²) in [5.74, 6) is 1.57. The third-order valence-corrected chi connectivity index (χ3v) is 4.78. The number of hydrogen-bond acceptors (Lipinski definition) is 4. The number of hydrogen-bond donors (Lipinski definition) is 0. The van der Waals surface area contributed by atoms with Crippen LogP contribution in [0.15, 0.2) is 42.5 Å². The van der Waals surface area contributed by atoms with Gasteiger partial charge in [0.2, 0.25) is 0 Å². The summed E-state index contributed by atoms with van der Waals surface area (Å²) in [4.78, 5) is 16.8. The van der Waals surface area contributed by atoms with Crippen LogP contribution in [0.5, 0.6) is 11.5 Å². The molecular weight excluding hydrogens is 328 g/mol. The van der Waals surface area contributed by atoms with E-state index in [-0.39, 0.29) is 12.0 Å². The lowest BCUT2D eigenvalue weighted by atomic mass is 10.1. The Hall–Kier alpha value is -2.69. The molecule has 1 heterocycles. The minimum atomic E-state index is -0.0638. The van der Waals surface area contributed by atoms with Crippen molar-refractivity contribution < 1.29 is 14.3 Å². The predicted molar refractivity (Wildman–Crippen MR) is 103 cm³/mol. The lowest BCUT2D eigenvalue weighted by molar-refractivity contribution is 0.0709. The fourth-order valence-corrected chi connectivity index (χ4v) is 3.34. The molecular formula is C21H26N2O3. The number of fused-ring (bicyclic) bond motifs is 1. The van der Waals surface area contributed by atoms with Crippen LogP contribution in [0, 0.1) is 6.92 Å². The smallest absolute Gasteiger partial charge is 0.253 e. The van der Waals surface area contributed by atoms with E-state index in [4.69, 9.17) is 9.47 Å². The highest BCUT2D eigenvalue weighted by Crippen LogP contribution is 2.33. The Morgan fingerprint density at radius 3 is 2.81 bits per heavy atom. The van der Waals surface area contributed by atoms with Crippen LogP contribution in [-0.2, 0) is 0 Å². The first-order valence-corrected chi connectivity index (χ1v) is 8.94. The molecule has 1 amide bonds. The van der Waals surface area contributed by atoms with E-state index >= 15 is 0 Å². The van der Waals surface area contributed by atoms with Gasteiger partial charge in [0.1, 0.15) is 17.6 Å². The average molecular weight is 354 g/mol. The Labute approximate surface area is 155 Å². The highest BCUT2D eigenvalue weighted by Gasteiger charge is 2.27. The number of methoxy groups -OCH3 is 1. The van der Waals surface area contributed by atoms with Crippen molar-refractivity contribution in [2.24, 2.45) is 0 Å². The quantitative estimate of drug-likeness (QED) is 0.826. The maximum atomic E-state index is 12.8. The van der Waals surface area contributed by atoms with E-state index in [1.165, 1.54) is 0 Å². The lowest BCUT2D eigenvalue weighted by Gasteiger charge is -2.37. The van der Waals surface area contributed by atoms with Crippen molar-refractivity contribution in [3.05, 3.63) is 53.6 Å². The highest BCUT2D eigenvalue weighted by molar-refractivity contribution is 5.94. The van der Waals surface area contributed by atoms with Gasteiger partial charge in [0.05, 0.1) is 25.9 Å². The summed E-state index contributed by atoms with van der Waals surface area (Å²) in [6, 6.07) is 13.6. The van der Waals surface area contributed by atoms with Gasteiger partial charge in [-0.15, -0.1) is 0 Å². The van der Waals surface area contributed by atoms with Crippen LogP contribution in [0.25, 0.3) is 0 Å². The molecule has 1 aliphatic rings. The molecule has 0 spiro atoms. The molecule has 3 rings (SSSR count). The van der Waals surface area contributed by atoms with Crippen LogP contribution in [0.3, 0.4) is 0 Å². The summed E-state index contributed by atoms with van der Waals surface area (Å²) in [6.07, 6.45) is -0.0638. The molecule has 0 N–H and O–H groups in total. The maximum Gasteiger partial charge on any atom is 0.253 e. The van der Waals surface area contributed by atoms with E-state index in [0.29, 0.717) is 12.1 Å². The Morgan fingerprint density at radius 1 is 1.31 bits per heavy atom. The molecule has 0 saturated heterocycles. The van der Waals surface area contributed by atoms with Crippen molar-refractivity contribution in [1.29, 1.82) is 0 Å². The van der Waals surface area contributed by atoms with Crippen LogP contribution in [-0.4, -0.2) is 50.7 Å². The third-order valence-electron chi connectivity index (χ3n) is 4.78. The Morgan fingerprint density at radius 2 is 2.08 bits per heavy atom. The Balaban J connectivity index is 1.72. The number of anilines is 1. The van der Waals surface area contributed by atoms with Crippen LogP contribution in [0.4, 0.5) is 5.69 Å². The maximum absolute atomic E-state index is 12.8. The molecule has 0 saturated carbocycles. The van der Waals surface area contributed by atoms with Gasteiger partial charge in [-0.1, -0.05) is 18.2 Å². The van der Waals surface area contributed by atoms with Gasteiger partial charge >= 0.3 is 0 Å². The van der Waals surface area contributed by atoms with Crippen molar-refractivity contribution in [2.45, 2.75) is 20.0 Å². The van der Waals surface area contributed by atoms with Crippen molar-refractivity contribution in [3.8, 4) is 11.5 Å². The predicted octanol–water partition coefficient (Wildman–Crippen LogP) is 3.36. The van der Waals surface area contributed by atoms with E-state index < -0.39 is 0 Å². The van der Waals surface area contributed by atoms with Gasteiger partial charge in [0.25, 0.3) is 5.91 Å².